The molecule has 0 saturated heterocycles. The number of hydroxylamine groups is 2. The third-order valence-electron chi connectivity index (χ3n) is 2.77. The van der Waals surface area contributed by atoms with E-state index in [4.69, 9.17) is 0 Å². The van der Waals surface area contributed by atoms with Crippen molar-refractivity contribution in [2.24, 2.45) is 0 Å². The number of aromatic nitrogens is 2. The first-order valence-corrected chi connectivity index (χ1v) is 5.90. The molecule has 3 rings (SSSR count). The number of carbonyl (C=O) groups is 3. The maximum absolute atomic E-state index is 12.3. The van der Waals surface area contributed by atoms with E-state index in [1.807, 2.05) is 0 Å². The highest BCUT2D eigenvalue weighted by Gasteiger charge is 2.42. The Morgan fingerprint density at radius 1 is 1.09 bits per heavy atom. The number of halogens is 3. The molecule has 0 radical (unpaired) electrons. The van der Waals surface area contributed by atoms with Gasteiger partial charge in [0.2, 0.25) is 0 Å². The lowest BCUT2D eigenvalue weighted by Crippen LogP contribution is -2.32. The zero-order valence-corrected chi connectivity index (χ0v) is 10.8. The van der Waals surface area contributed by atoms with Crippen molar-refractivity contribution in [3.05, 3.63) is 47.2 Å². The molecular weight excluding hydrogens is 323 g/mol. The van der Waals surface area contributed by atoms with Gasteiger partial charge in [0.25, 0.3) is 11.8 Å². The Morgan fingerprint density at radius 3 is 2.13 bits per heavy atom. The van der Waals surface area contributed by atoms with Gasteiger partial charge in [0.1, 0.15) is 0 Å². The second-order valence-electron chi connectivity index (χ2n) is 4.24. The topological polar surface area (TPSA) is 103 Å². The van der Waals surface area contributed by atoms with Crippen LogP contribution < -0.4 is 0 Å². The van der Waals surface area contributed by atoms with Crippen LogP contribution in [0, 0.1) is 0 Å². The lowest BCUT2D eigenvalue weighted by molar-refractivity contribution is -0.157. The predicted octanol–water partition coefficient (Wildman–Crippen LogP) is 1.46. The first-order chi connectivity index (χ1) is 10.8. The molecule has 0 atom stereocenters. The Morgan fingerprint density at radius 2 is 1.65 bits per heavy atom. The maximum atomic E-state index is 12.3. The molecule has 0 N–H and O–H groups in total. The summed E-state index contributed by atoms with van der Waals surface area (Å²) in [5.74, 6) is -6.34. The van der Waals surface area contributed by atoms with Crippen molar-refractivity contribution >= 4 is 17.8 Å². The van der Waals surface area contributed by atoms with Crippen LogP contribution in [0.2, 0.25) is 0 Å². The standard InChI is InChI=1S/C12H4F3N3O5/c13-12(14,15)11-17-16-7(22-11)10(21)23-18-8(19)5-3-1-2-4-6(5)9(18)20/h1-4H. The van der Waals surface area contributed by atoms with Gasteiger partial charge in [-0.2, -0.15) is 13.2 Å². The van der Waals surface area contributed by atoms with Gasteiger partial charge in [0, 0.05) is 0 Å². The van der Waals surface area contributed by atoms with E-state index in [9.17, 15) is 27.6 Å². The molecule has 11 heteroatoms. The second-order valence-corrected chi connectivity index (χ2v) is 4.24. The molecule has 2 amide bonds. The predicted molar refractivity (Wildman–Crippen MR) is 61.7 cm³/mol. The van der Waals surface area contributed by atoms with Gasteiger partial charge < -0.3 is 9.25 Å². The Hall–Kier alpha value is -3.24. The highest BCUT2D eigenvalue weighted by atomic mass is 19.4. The molecular formula is C12H4F3N3O5. The Bertz CT molecular complexity index is 794. The largest absolute Gasteiger partial charge is 0.470 e. The first-order valence-electron chi connectivity index (χ1n) is 5.90. The van der Waals surface area contributed by atoms with Crippen molar-refractivity contribution in [2.45, 2.75) is 6.18 Å². The van der Waals surface area contributed by atoms with Crippen LogP contribution in [0.1, 0.15) is 37.3 Å². The Balaban J connectivity index is 1.81. The summed E-state index contributed by atoms with van der Waals surface area (Å²) in [4.78, 5) is 40.0. The molecule has 0 unspecified atom stereocenters. The minimum atomic E-state index is -4.94. The highest BCUT2D eigenvalue weighted by Crippen LogP contribution is 2.28. The van der Waals surface area contributed by atoms with Crippen molar-refractivity contribution in [1.82, 2.24) is 15.3 Å². The fraction of sp³-hybridized carbons (Fsp3) is 0.0833. The molecule has 0 bridgehead atoms. The molecule has 1 aliphatic heterocycles. The quantitative estimate of drug-likeness (QED) is 0.769. The van der Waals surface area contributed by atoms with Crippen molar-refractivity contribution in [2.75, 3.05) is 0 Å². The third kappa shape index (κ3) is 2.41. The molecule has 0 saturated carbocycles. The van der Waals surface area contributed by atoms with Crippen LogP contribution in [-0.4, -0.2) is 33.0 Å². The van der Waals surface area contributed by atoms with Gasteiger partial charge in [-0.05, 0) is 12.1 Å². The lowest BCUT2D eigenvalue weighted by Gasteiger charge is -2.10. The minimum absolute atomic E-state index is 0.00758. The van der Waals surface area contributed by atoms with Crippen LogP contribution in [0.3, 0.4) is 0 Å². The zero-order chi connectivity index (χ0) is 16.8. The number of rotatable bonds is 2. The van der Waals surface area contributed by atoms with E-state index in [1.165, 1.54) is 24.3 Å². The van der Waals surface area contributed by atoms with Crippen LogP contribution in [0.15, 0.2) is 28.7 Å². The van der Waals surface area contributed by atoms with Crippen LogP contribution >= 0.6 is 0 Å². The number of fused-ring (bicyclic) bond motifs is 1. The average Bonchev–Trinajstić information content (AvgIpc) is 3.08. The number of alkyl halides is 3. The lowest BCUT2D eigenvalue weighted by atomic mass is 10.1. The summed E-state index contributed by atoms with van der Waals surface area (Å²) < 4.78 is 41.0. The summed E-state index contributed by atoms with van der Waals surface area (Å²) in [5.41, 5.74) is -0.0152. The summed E-state index contributed by atoms with van der Waals surface area (Å²) in [7, 11) is 0. The number of carbonyl (C=O) groups excluding carboxylic acids is 3. The Kier molecular flexibility index (Phi) is 3.13. The van der Waals surface area contributed by atoms with E-state index < -0.39 is 35.7 Å². The SMILES string of the molecule is O=C(ON1C(=O)c2ccccc2C1=O)c1nnc(C(F)(F)F)o1. The number of benzene rings is 1. The number of hydrogen-bond acceptors (Lipinski definition) is 7. The smallest absolute Gasteiger partial charge is 0.407 e. The number of hydrogen-bond donors (Lipinski definition) is 0. The monoisotopic (exact) mass is 327 g/mol. The molecule has 2 heterocycles. The van der Waals surface area contributed by atoms with E-state index in [2.05, 4.69) is 19.5 Å². The molecule has 0 fully saturated rings. The number of imide groups is 1. The van der Waals surface area contributed by atoms with Gasteiger partial charge in [0.05, 0.1) is 11.1 Å². The summed E-state index contributed by atoms with van der Waals surface area (Å²) in [6.07, 6.45) is -4.94. The molecule has 1 aromatic heterocycles. The second kappa shape index (κ2) is 4.90. The fourth-order valence-electron chi connectivity index (χ4n) is 1.79. The molecule has 0 aliphatic carbocycles. The summed E-state index contributed by atoms with van der Waals surface area (Å²) in [5, 5.41) is 5.61. The molecule has 118 valence electrons. The van der Waals surface area contributed by atoms with E-state index in [0.717, 1.165) is 0 Å². The minimum Gasteiger partial charge on any atom is -0.407 e. The molecule has 1 aromatic carbocycles. The molecule has 23 heavy (non-hydrogen) atoms. The van der Waals surface area contributed by atoms with Crippen molar-refractivity contribution in [1.29, 1.82) is 0 Å². The molecule has 1 aliphatic rings. The van der Waals surface area contributed by atoms with Gasteiger partial charge in [-0.15, -0.1) is 10.2 Å². The van der Waals surface area contributed by atoms with Gasteiger partial charge in [0.15, 0.2) is 0 Å². The first kappa shape index (κ1) is 14.7. The van der Waals surface area contributed by atoms with Crippen LogP contribution in [-0.2, 0) is 11.0 Å². The molecule has 8 nitrogen and oxygen atoms in total. The van der Waals surface area contributed by atoms with Gasteiger partial charge >= 0.3 is 23.9 Å². The number of amides is 2. The van der Waals surface area contributed by atoms with Crippen molar-refractivity contribution < 1.29 is 36.8 Å². The van der Waals surface area contributed by atoms with Gasteiger partial charge in [-0.1, -0.05) is 17.2 Å². The van der Waals surface area contributed by atoms with Crippen LogP contribution in [0.5, 0.6) is 0 Å². The maximum Gasteiger partial charge on any atom is 0.470 e. The van der Waals surface area contributed by atoms with Gasteiger partial charge in [-0.3, -0.25) is 9.59 Å². The van der Waals surface area contributed by atoms with E-state index in [-0.39, 0.29) is 16.2 Å². The van der Waals surface area contributed by atoms with Crippen molar-refractivity contribution in [3.63, 3.8) is 0 Å². The summed E-state index contributed by atoms with van der Waals surface area (Å²) in [6, 6.07) is 5.64. The highest BCUT2D eigenvalue weighted by molar-refractivity contribution is 6.21. The third-order valence-corrected chi connectivity index (χ3v) is 2.77. The van der Waals surface area contributed by atoms with Crippen molar-refractivity contribution in [3.8, 4) is 0 Å². The summed E-state index contributed by atoms with van der Waals surface area (Å²) >= 11 is 0. The number of nitrogens with zero attached hydrogens (tertiary/aromatic N) is 3. The van der Waals surface area contributed by atoms with E-state index in [0.29, 0.717) is 0 Å². The average molecular weight is 327 g/mol. The fourth-order valence-corrected chi connectivity index (χ4v) is 1.79. The van der Waals surface area contributed by atoms with Gasteiger partial charge in [-0.25, -0.2) is 4.79 Å². The molecule has 2 aromatic rings. The van der Waals surface area contributed by atoms with E-state index >= 15 is 0 Å². The van der Waals surface area contributed by atoms with Crippen LogP contribution in [0.25, 0.3) is 0 Å². The molecule has 0 spiro atoms. The summed E-state index contributed by atoms with van der Waals surface area (Å²) in [6.45, 7) is 0. The zero-order valence-electron chi connectivity index (χ0n) is 10.8. The Labute approximate surface area is 124 Å². The van der Waals surface area contributed by atoms with Crippen LogP contribution in [0.4, 0.5) is 13.2 Å². The normalized spacial score (nSPS) is 14.1. The van der Waals surface area contributed by atoms with E-state index in [1.54, 1.807) is 0 Å².